The predicted molar refractivity (Wildman–Crippen MR) is 93.8 cm³/mol. The molecule has 0 saturated heterocycles. The molecule has 5 nitrogen and oxygen atoms in total. The van der Waals surface area contributed by atoms with Crippen molar-refractivity contribution in [1.29, 1.82) is 0 Å². The zero-order chi connectivity index (χ0) is 19.8. The number of aromatic nitrogens is 3. The van der Waals surface area contributed by atoms with E-state index in [9.17, 15) is 22.4 Å². The summed E-state index contributed by atoms with van der Waals surface area (Å²) in [5.74, 6) is -1.29. The van der Waals surface area contributed by atoms with Gasteiger partial charge in [0, 0.05) is 11.9 Å². The first-order chi connectivity index (χ1) is 12.6. The fraction of sp³-hybridized carbons (Fsp3) is 0.133. The Bertz CT molecular complexity index is 1020. The van der Waals surface area contributed by atoms with E-state index in [1.807, 2.05) is 0 Å². The molecule has 2 heterocycles. The molecule has 1 aromatic carbocycles. The van der Waals surface area contributed by atoms with Crippen LogP contribution in [0.2, 0.25) is 10.0 Å². The summed E-state index contributed by atoms with van der Waals surface area (Å²) in [6.07, 6.45) is -3.79. The minimum absolute atomic E-state index is 0.0397. The second-order valence-electron chi connectivity index (χ2n) is 5.22. The number of nitrogens with one attached hydrogen (secondary N) is 1. The van der Waals surface area contributed by atoms with E-state index in [1.54, 1.807) is 0 Å². The lowest BCUT2D eigenvalue weighted by molar-refractivity contribution is -0.137. The van der Waals surface area contributed by atoms with E-state index in [-0.39, 0.29) is 32.3 Å². The minimum Gasteiger partial charge on any atom is -0.325 e. The molecule has 0 fully saturated rings. The van der Waals surface area contributed by atoms with Gasteiger partial charge in [-0.3, -0.25) is 9.20 Å². The number of amides is 1. The maximum Gasteiger partial charge on any atom is 0.417 e. The monoisotopic (exact) mass is 438 g/mol. The molecule has 0 atom stereocenters. The van der Waals surface area contributed by atoms with Gasteiger partial charge in [0.1, 0.15) is 5.82 Å². The lowest BCUT2D eigenvalue weighted by atomic mass is 10.3. The smallest absolute Gasteiger partial charge is 0.325 e. The van der Waals surface area contributed by atoms with Gasteiger partial charge < -0.3 is 5.32 Å². The Morgan fingerprint density at radius 2 is 1.93 bits per heavy atom. The Labute approximate surface area is 163 Å². The number of anilines is 1. The first-order valence-corrected chi connectivity index (χ1v) is 8.88. The summed E-state index contributed by atoms with van der Waals surface area (Å²) in [6, 6.07) is 4.41. The molecule has 0 radical (unpaired) electrons. The Morgan fingerprint density at radius 3 is 2.59 bits per heavy atom. The molecule has 0 bridgehead atoms. The molecule has 0 spiro atoms. The van der Waals surface area contributed by atoms with Crippen molar-refractivity contribution in [1.82, 2.24) is 14.6 Å². The van der Waals surface area contributed by atoms with E-state index in [0.717, 1.165) is 34.5 Å². The van der Waals surface area contributed by atoms with Crippen LogP contribution in [0.4, 0.5) is 23.2 Å². The van der Waals surface area contributed by atoms with Crippen LogP contribution in [-0.4, -0.2) is 26.3 Å². The van der Waals surface area contributed by atoms with Crippen molar-refractivity contribution in [3.05, 3.63) is 51.9 Å². The van der Waals surface area contributed by atoms with E-state index in [2.05, 4.69) is 15.5 Å². The molecule has 1 N–H and O–H groups in total. The topological polar surface area (TPSA) is 59.3 Å². The number of fused-ring (bicyclic) bond motifs is 1. The van der Waals surface area contributed by atoms with Gasteiger partial charge in [-0.2, -0.15) is 13.2 Å². The van der Waals surface area contributed by atoms with Crippen molar-refractivity contribution in [2.24, 2.45) is 0 Å². The number of carbonyl (C=O) groups is 1. The molecular weight excluding hydrogens is 431 g/mol. The first kappa shape index (κ1) is 19.7. The molecule has 27 heavy (non-hydrogen) atoms. The van der Waals surface area contributed by atoms with Crippen LogP contribution < -0.4 is 5.32 Å². The molecular formula is C15H8Cl2F4N4OS. The number of carbonyl (C=O) groups excluding carboxylic acids is 1. The van der Waals surface area contributed by atoms with E-state index in [4.69, 9.17) is 23.2 Å². The number of hydrogen-bond acceptors (Lipinski definition) is 4. The second-order valence-corrected chi connectivity index (χ2v) is 6.97. The van der Waals surface area contributed by atoms with E-state index in [0.29, 0.717) is 0 Å². The van der Waals surface area contributed by atoms with Gasteiger partial charge in [-0.25, -0.2) is 4.39 Å². The Morgan fingerprint density at radius 1 is 1.19 bits per heavy atom. The van der Waals surface area contributed by atoms with Gasteiger partial charge in [-0.1, -0.05) is 35.0 Å². The number of hydrogen-bond donors (Lipinski definition) is 1. The fourth-order valence-electron chi connectivity index (χ4n) is 2.09. The lowest BCUT2D eigenvalue weighted by Crippen LogP contribution is -2.14. The van der Waals surface area contributed by atoms with Crippen LogP contribution in [0.15, 0.2) is 35.6 Å². The second kappa shape index (κ2) is 7.53. The van der Waals surface area contributed by atoms with Gasteiger partial charge in [0.25, 0.3) is 0 Å². The van der Waals surface area contributed by atoms with Crippen LogP contribution in [0.25, 0.3) is 5.65 Å². The van der Waals surface area contributed by atoms with Gasteiger partial charge in [0.15, 0.2) is 10.8 Å². The highest BCUT2D eigenvalue weighted by Crippen LogP contribution is 2.33. The molecule has 0 unspecified atom stereocenters. The summed E-state index contributed by atoms with van der Waals surface area (Å²) in [7, 11) is 0. The molecule has 142 valence electrons. The van der Waals surface area contributed by atoms with Crippen molar-refractivity contribution >= 4 is 52.2 Å². The van der Waals surface area contributed by atoms with Crippen molar-refractivity contribution in [3.8, 4) is 0 Å². The molecule has 1 amide bonds. The summed E-state index contributed by atoms with van der Waals surface area (Å²) < 4.78 is 53.0. The highest BCUT2D eigenvalue weighted by Gasteiger charge is 2.32. The van der Waals surface area contributed by atoms with Gasteiger partial charge in [-0.15, -0.1) is 10.2 Å². The molecule has 12 heteroatoms. The summed E-state index contributed by atoms with van der Waals surface area (Å²) in [4.78, 5) is 12.0. The molecule has 3 rings (SSSR count). The van der Waals surface area contributed by atoms with E-state index in [1.165, 1.54) is 12.1 Å². The van der Waals surface area contributed by atoms with Crippen LogP contribution in [0.3, 0.4) is 0 Å². The molecule has 0 saturated carbocycles. The maximum absolute atomic E-state index is 13.1. The van der Waals surface area contributed by atoms with Crippen molar-refractivity contribution in [2.45, 2.75) is 11.3 Å². The molecule has 0 aliphatic heterocycles. The molecule has 0 aliphatic rings. The Hall–Kier alpha value is -2.04. The summed E-state index contributed by atoms with van der Waals surface area (Å²) >= 11 is 12.3. The highest BCUT2D eigenvalue weighted by molar-refractivity contribution is 7.99. The normalized spacial score (nSPS) is 11.8. The number of alkyl halides is 3. The van der Waals surface area contributed by atoms with E-state index < -0.39 is 23.5 Å². The zero-order valence-electron chi connectivity index (χ0n) is 13.0. The number of pyridine rings is 1. The van der Waals surface area contributed by atoms with Gasteiger partial charge in [0.2, 0.25) is 5.91 Å². The van der Waals surface area contributed by atoms with Crippen molar-refractivity contribution in [2.75, 3.05) is 11.1 Å². The van der Waals surface area contributed by atoms with E-state index >= 15 is 0 Å². The third-order valence-corrected chi connectivity index (χ3v) is 4.80. The van der Waals surface area contributed by atoms with Crippen LogP contribution in [0, 0.1) is 5.82 Å². The first-order valence-electron chi connectivity index (χ1n) is 7.14. The van der Waals surface area contributed by atoms with Crippen molar-refractivity contribution in [3.63, 3.8) is 0 Å². The van der Waals surface area contributed by atoms with Crippen molar-refractivity contribution < 1.29 is 22.4 Å². The summed E-state index contributed by atoms with van der Waals surface area (Å²) in [5, 5.41) is 9.67. The van der Waals surface area contributed by atoms with Crippen LogP contribution in [-0.2, 0) is 11.0 Å². The standard InChI is InChI=1S/C15H8Cl2F4N4OS/c16-9-4-8(1-2-11(9)18)22-12(26)6-27-14-24-23-13-10(17)3-7(5-25(13)14)15(19,20)21/h1-5H,6H2,(H,22,26). The number of rotatable bonds is 4. The van der Waals surface area contributed by atoms with Crippen LogP contribution in [0.1, 0.15) is 5.56 Å². The average molecular weight is 439 g/mol. The third kappa shape index (κ3) is 4.45. The predicted octanol–water partition coefficient (Wildman–Crippen LogP) is 4.92. The number of halogens is 6. The fourth-order valence-corrected chi connectivity index (χ4v) is 3.22. The zero-order valence-corrected chi connectivity index (χ0v) is 15.3. The number of thioether (sulfide) groups is 1. The highest BCUT2D eigenvalue weighted by atomic mass is 35.5. The molecule has 2 aromatic heterocycles. The minimum atomic E-state index is -4.59. The summed E-state index contributed by atoms with van der Waals surface area (Å²) in [5.41, 5.74) is -0.648. The largest absolute Gasteiger partial charge is 0.417 e. The lowest BCUT2D eigenvalue weighted by Gasteiger charge is -2.09. The van der Waals surface area contributed by atoms with Gasteiger partial charge >= 0.3 is 6.18 Å². The average Bonchev–Trinajstić information content (AvgIpc) is 2.99. The molecule has 0 aliphatic carbocycles. The maximum atomic E-state index is 13.1. The third-order valence-electron chi connectivity index (χ3n) is 3.29. The van der Waals surface area contributed by atoms with Gasteiger partial charge in [0.05, 0.1) is 21.4 Å². The summed E-state index contributed by atoms with van der Waals surface area (Å²) in [6.45, 7) is 0. The SMILES string of the molecule is O=C(CSc1nnc2c(Cl)cc(C(F)(F)F)cn12)Nc1ccc(F)c(Cl)c1. The van der Waals surface area contributed by atoms with Gasteiger partial charge in [-0.05, 0) is 24.3 Å². The molecule has 3 aromatic rings. The number of benzene rings is 1. The quantitative estimate of drug-likeness (QED) is 0.463. The van der Waals surface area contributed by atoms with Crippen LogP contribution >= 0.6 is 35.0 Å². The Kier molecular flexibility index (Phi) is 5.50. The Balaban J connectivity index is 1.75. The number of nitrogens with zero attached hydrogens (tertiary/aromatic N) is 3. The van der Waals surface area contributed by atoms with Crippen LogP contribution in [0.5, 0.6) is 0 Å².